The number of rotatable bonds is 7. The molecule has 0 bridgehead atoms. The number of benzene rings is 11. The fourth-order valence-electron chi connectivity index (χ4n) is 10.2. The third-order valence-corrected chi connectivity index (χ3v) is 13.2. The van der Waals surface area contributed by atoms with Crippen LogP contribution in [-0.2, 0) is 0 Å². The van der Waals surface area contributed by atoms with Crippen molar-refractivity contribution < 1.29 is 4.42 Å². The zero-order valence-electron chi connectivity index (χ0n) is 35.4. The summed E-state index contributed by atoms with van der Waals surface area (Å²) >= 11 is 0. The summed E-state index contributed by atoms with van der Waals surface area (Å²) in [6.07, 6.45) is 0. The summed E-state index contributed by atoms with van der Waals surface area (Å²) in [5.74, 6) is 0. The van der Waals surface area contributed by atoms with E-state index in [1.165, 1.54) is 60.0 Å². The molecule has 65 heavy (non-hydrogen) atoms. The average Bonchev–Trinajstić information content (AvgIpc) is 3.93. The number of para-hydroxylation sites is 4. The maximum atomic E-state index is 6.21. The van der Waals surface area contributed by atoms with Crippen LogP contribution in [-0.4, -0.2) is 4.57 Å². The Morgan fingerprint density at radius 1 is 0.323 bits per heavy atom. The summed E-state index contributed by atoms with van der Waals surface area (Å²) in [6.45, 7) is 0. The van der Waals surface area contributed by atoms with E-state index in [9.17, 15) is 0 Å². The molecule has 3 nitrogen and oxygen atoms in total. The molecule has 304 valence electrons. The number of furan rings is 1. The lowest BCUT2D eigenvalue weighted by Gasteiger charge is -2.28. The minimum atomic E-state index is 0.908. The molecule has 0 atom stereocenters. The van der Waals surface area contributed by atoms with E-state index in [4.69, 9.17) is 4.42 Å². The first-order chi connectivity index (χ1) is 32.2. The van der Waals surface area contributed by atoms with Gasteiger partial charge >= 0.3 is 0 Å². The molecule has 0 aliphatic carbocycles. The second kappa shape index (κ2) is 15.0. The summed E-state index contributed by atoms with van der Waals surface area (Å²) in [5, 5.41) is 9.70. The van der Waals surface area contributed by atoms with Crippen LogP contribution in [0.4, 0.5) is 17.1 Å². The summed E-state index contributed by atoms with van der Waals surface area (Å²) in [6, 6.07) is 87.7. The molecule has 13 aromatic rings. The lowest BCUT2D eigenvalue weighted by atomic mass is 9.96. The second-order valence-electron chi connectivity index (χ2n) is 16.8. The van der Waals surface area contributed by atoms with Gasteiger partial charge in [-0.3, -0.25) is 0 Å². The van der Waals surface area contributed by atoms with Gasteiger partial charge in [0.1, 0.15) is 11.2 Å². The van der Waals surface area contributed by atoms with E-state index in [-0.39, 0.29) is 0 Å². The molecule has 0 saturated carbocycles. The zero-order chi connectivity index (χ0) is 42.8. The van der Waals surface area contributed by atoms with Gasteiger partial charge in [-0.25, -0.2) is 0 Å². The van der Waals surface area contributed by atoms with Crippen LogP contribution >= 0.6 is 0 Å². The first-order valence-corrected chi connectivity index (χ1v) is 22.2. The molecule has 13 rings (SSSR count). The Labute approximate surface area is 376 Å². The first-order valence-electron chi connectivity index (χ1n) is 22.2. The Bertz CT molecular complexity index is 3880. The molecular weight excluding hydrogens is 789 g/mol. The summed E-state index contributed by atoms with van der Waals surface area (Å²) in [7, 11) is 0. The number of anilines is 3. The molecule has 0 unspecified atom stereocenters. The Hall–Kier alpha value is -8.66. The molecule has 2 heterocycles. The van der Waals surface area contributed by atoms with Crippen LogP contribution in [0.1, 0.15) is 0 Å². The van der Waals surface area contributed by atoms with E-state index in [2.05, 4.69) is 240 Å². The number of nitrogens with zero attached hydrogens (tertiary/aromatic N) is 2. The Kier molecular flexibility index (Phi) is 8.53. The van der Waals surface area contributed by atoms with Gasteiger partial charge in [0.05, 0.1) is 22.4 Å². The van der Waals surface area contributed by atoms with Crippen LogP contribution < -0.4 is 4.90 Å². The zero-order valence-corrected chi connectivity index (χ0v) is 35.4. The highest BCUT2D eigenvalue weighted by Gasteiger charge is 2.20. The Balaban J connectivity index is 0.909. The topological polar surface area (TPSA) is 21.3 Å². The molecule has 11 aromatic carbocycles. The Morgan fingerprint density at radius 3 is 1.51 bits per heavy atom. The van der Waals surface area contributed by atoms with Crippen molar-refractivity contribution in [3.05, 3.63) is 243 Å². The van der Waals surface area contributed by atoms with Gasteiger partial charge in [0, 0.05) is 43.9 Å². The molecule has 0 radical (unpaired) electrons. The number of hydrogen-bond donors (Lipinski definition) is 0. The highest BCUT2D eigenvalue weighted by molar-refractivity contribution is 6.15. The standard InChI is InChI=1S/C62H40N2O/c1-2-15-48-45(14-1)40-59(52-18-4-3-17-51(48)52)63(46-36-32-42(33-37-46)41-28-30-44(31-29-41)50-22-13-27-61-62(50)55-21-8-12-26-60(55)65-61)47-38-34-43(35-39-47)49-16-5-9-23-56(49)64-57-24-10-6-19-53(57)54-20-7-11-25-58(54)64/h1-40H. The number of hydrogen-bond acceptors (Lipinski definition) is 2. The van der Waals surface area contributed by atoms with Crippen LogP contribution in [0, 0.1) is 0 Å². The van der Waals surface area contributed by atoms with Crippen molar-refractivity contribution in [2.24, 2.45) is 0 Å². The fourth-order valence-corrected chi connectivity index (χ4v) is 10.2. The normalized spacial score (nSPS) is 11.7. The molecular formula is C62H40N2O. The molecule has 0 saturated heterocycles. The van der Waals surface area contributed by atoms with Crippen molar-refractivity contribution in [1.82, 2.24) is 4.57 Å². The molecule has 2 aromatic heterocycles. The van der Waals surface area contributed by atoms with Gasteiger partial charge in [-0.1, -0.05) is 182 Å². The van der Waals surface area contributed by atoms with E-state index in [1.54, 1.807) is 0 Å². The predicted molar refractivity (Wildman–Crippen MR) is 274 cm³/mol. The van der Waals surface area contributed by atoms with Crippen LogP contribution in [0.25, 0.3) is 104 Å². The van der Waals surface area contributed by atoms with Crippen molar-refractivity contribution in [1.29, 1.82) is 0 Å². The van der Waals surface area contributed by atoms with Crippen molar-refractivity contribution in [2.75, 3.05) is 4.90 Å². The summed E-state index contributed by atoms with van der Waals surface area (Å²) in [5.41, 5.74) is 15.7. The third-order valence-electron chi connectivity index (χ3n) is 13.2. The van der Waals surface area contributed by atoms with E-state index >= 15 is 0 Å². The monoisotopic (exact) mass is 828 g/mol. The largest absolute Gasteiger partial charge is 0.456 e. The van der Waals surface area contributed by atoms with E-state index in [0.717, 1.165) is 61.4 Å². The van der Waals surface area contributed by atoms with Gasteiger partial charge in [0.15, 0.2) is 0 Å². The predicted octanol–water partition coefficient (Wildman–Crippen LogP) is 17.5. The molecule has 0 aliphatic rings. The lowest BCUT2D eigenvalue weighted by molar-refractivity contribution is 0.669. The number of fused-ring (bicyclic) bond motifs is 9. The molecule has 0 N–H and O–H groups in total. The Morgan fingerprint density at radius 2 is 0.800 bits per heavy atom. The van der Waals surface area contributed by atoms with Gasteiger partial charge in [-0.05, 0) is 105 Å². The summed E-state index contributed by atoms with van der Waals surface area (Å²) < 4.78 is 8.63. The minimum Gasteiger partial charge on any atom is -0.456 e. The average molecular weight is 829 g/mol. The van der Waals surface area contributed by atoms with Gasteiger partial charge in [0.25, 0.3) is 0 Å². The van der Waals surface area contributed by atoms with Gasteiger partial charge in [-0.15, -0.1) is 0 Å². The molecule has 0 amide bonds. The number of aromatic nitrogens is 1. The summed E-state index contributed by atoms with van der Waals surface area (Å²) in [4.78, 5) is 2.42. The van der Waals surface area contributed by atoms with Crippen LogP contribution in [0.5, 0.6) is 0 Å². The van der Waals surface area contributed by atoms with Gasteiger partial charge in [0.2, 0.25) is 0 Å². The maximum absolute atomic E-state index is 6.21. The quantitative estimate of drug-likeness (QED) is 0.149. The van der Waals surface area contributed by atoms with Crippen molar-refractivity contribution >= 4 is 82.4 Å². The van der Waals surface area contributed by atoms with E-state index in [0.29, 0.717) is 0 Å². The highest BCUT2D eigenvalue weighted by atomic mass is 16.3. The molecule has 0 spiro atoms. The minimum absolute atomic E-state index is 0.908. The fraction of sp³-hybridized carbons (Fsp3) is 0. The third kappa shape index (κ3) is 6.05. The van der Waals surface area contributed by atoms with Crippen LogP contribution in [0.2, 0.25) is 0 Å². The SMILES string of the molecule is c1ccc(-n2c3ccccc3c3ccccc32)c(-c2ccc(N(c3ccc(-c4ccc(-c5cccc6oc7ccccc7c56)cc4)cc3)c3cc4ccccc4c4ccccc34)cc2)c1. The van der Waals surface area contributed by atoms with Crippen molar-refractivity contribution in [3.8, 4) is 39.1 Å². The molecule has 3 heteroatoms. The van der Waals surface area contributed by atoms with Crippen LogP contribution in [0.15, 0.2) is 247 Å². The van der Waals surface area contributed by atoms with Crippen LogP contribution in [0.3, 0.4) is 0 Å². The highest BCUT2D eigenvalue weighted by Crippen LogP contribution is 2.44. The first kappa shape index (κ1) is 36.9. The second-order valence-corrected chi connectivity index (χ2v) is 16.8. The lowest BCUT2D eigenvalue weighted by Crippen LogP contribution is -2.10. The molecule has 0 fully saturated rings. The molecule has 0 aliphatic heterocycles. The van der Waals surface area contributed by atoms with E-state index in [1.807, 2.05) is 12.1 Å². The van der Waals surface area contributed by atoms with E-state index < -0.39 is 0 Å². The van der Waals surface area contributed by atoms with Crippen molar-refractivity contribution in [2.45, 2.75) is 0 Å². The van der Waals surface area contributed by atoms with Gasteiger partial charge in [-0.2, -0.15) is 0 Å². The smallest absolute Gasteiger partial charge is 0.136 e. The maximum Gasteiger partial charge on any atom is 0.136 e. The van der Waals surface area contributed by atoms with Crippen molar-refractivity contribution in [3.63, 3.8) is 0 Å². The van der Waals surface area contributed by atoms with Gasteiger partial charge < -0.3 is 13.9 Å².